The average Bonchev–Trinajstić information content (AvgIpc) is 3.14. The summed E-state index contributed by atoms with van der Waals surface area (Å²) in [6.45, 7) is 2.19. The van der Waals surface area contributed by atoms with Crippen molar-refractivity contribution >= 4 is 22.6 Å². The lowest BCUT2D eigenvalue weighted by molar-refractivity contribution is 0.0468. The molecule has 0 amide bonds. The predicted molar refractivity (Wildman–Crippen MR) is 125 cm³/mol. The molecule has 0 radical (unpaired) electrons. The van der Waals surface area contributed by atoms with E-state index in [1.165, 1.54) is 0 Å². The molecule has 1 heterocycles. The summed E-state index contributed by atoms with van der Waals surface area (Å²) < 4.78 is 12.2. The summed E-state index contributed by atoms with van der Waals surface area (Å²) >= 11 is 0. The Labute approximate surface area is 182 Å². The van der Waals surface area contributed by atoms with Crippen molar-refractivity contribution in [1.29, 1.82) is 0 Å². The van der Waals surface area contributed by atoms with Crippen molar-refractivity contribution in [2.24, 2.45) is 0 Å². The first-order chi connectivity index (χ1) is 14.8. The number of rotatable bonds is 6. The number of hydrogen-bond donors (Lipinski definition) is 1. The molecule has 0 aliphatic heterocycles. The van der Waals surface area contributed by atoms with Gasteiger partial charge >= 0.3 is 5.97 Å². The minimum absolute atomic E-state index is 0.177. The second-order valence-corrected chi connectivity index (χ2v) is 8.55. The van der Waals surface area contributed by atoms with Crippen LogP contribution in [0, 0.1) is 6.92 Å². The summed E-state index contributed by atoms with van der Waals surface area (Å²) in [5, 5.41) is 1.01. The Kier molecular flexibility index (Phi) is 5.53. The molecule has 0 saturated heterocycles. The van der Waals surface area contributed by atoms with Gasteiger partial charge in [0.25, 0.3) is 0 Å². The van der Waals surface area contributed by atoms with Gasteiger partial charge in [-0.2, -0.15) is 0 Å². The van der Waals surface area contributed by atoms with Gasteiger partial charge in [-0.15, -0.1) is 0 Å². The molecule has 5 nitrogen and oxygen atoms in total. The van der Waals surface area contributed by atoms with Gasteiger partial charge in [0, 0.05) is 17.0 Å². The number of aromatic amines is 1. The Morgan fingerprint density at radius 1 is 0.935 bits per heavy atom. The van der Waals surface area contributed by atoms with Crippen LogP contribution < -0.4 is 9.22 Å². The zero-order chi connectivity index (χ0) is 22.0. The molecule has 31 heavy (non-hydrogen) atoms. The van der Waals surface area contributed by atoms with E-state index in [0.29, 0.717) is 10.0 Å². The highest BCUT2D eigenvalue weighted by atomic mass is 16.5. The van der Waals surface area contributed by atoms with Crippen LogP contribution in [0.4, 0.5) is 5.69 Å². The Morgan fingerprint density at radius 2 is 1.71 bits per heavy atom. The number of H-pyrrole nitrogens is 1. The summed E-state index contributed by atoms with van der Waals surface area (Å²) in [6, 6.07) is 23.3. The SMILES string of the molecule is Cc1cc2[nH]c(COC(=O)c3cccc([N+](C)(C)C)c3)cc2cc1Oc1ccccc1. The molecule has 0 aliphatic carbocycles. The molecular formula is C26H27N2O3+. The van der Waals surface area contributed by atoms with Crippen LogP contribution in [-0.4, -0.2) is 32.1 Å². The summed E-state index contributed by atoms with van der Waals surface area (Å²) in [5.74, 6) is 1.27. The number of quaternary nitrogens is 1. The van der Waals surface area contributed by atoms with Crippen molar-refractivity contribution in [3.05, 3.63) is 89.6 Å². The molecule has 1 aromatic heterocycles. The van der Waals surface area contributed by atoms with Crippen LogP contribution in [0.25, 0.3) is 10.9 Å². The maximum absolute atomic E-state index is 12.6. The third kappa shape index (κ3) is 4.78. The van der Waals surface area contributed by atoms with Gasteiger partial charge in [-0.05, 0) is 55.0 Å². The second kappa shape index (κ2) is 8.28. The minimum Gasteiger partial charge on any atom is -0.457 e. The highest BCUT2D eigenvalue weighted by Gasteiger charge is 2.16. The molecule has 0 saturated carbocycles. The number of aryl methyl sites for hydroxylation is 1. The lowest BCUT2D eigenvalue weighted by Gasteiger charge is -2.23. The van der Waals surface area contributed by atoms with Crippen LogP contribution in [0.15, 0.2) is 72.8 Å². The molecule has 0 spiro atoms. The van der Waals surface area contributed by atoms with Gasteiger partial charge in [0.15, 0.2) is 0 Å². The molecule has 158 valence electrons. The molecule has 0 unspecified atom stereocenters. The van der Waals surface area contributed by atoms with E-state index >= 15 is 0 Å². The van der Waals surface area contributed by atoms with E-state index in [1.807, 2.05) is 73.7 Å². The van der Waals surface area contributed by atoms with E-state index in [-0.39, 0.29) is 12.6 Å². The molecule has 0 fully saturated rings. The van der Waals surface area contributed by atoms with Crippen molar-refractivity contribution < 1.29 is 14.3 Å². The van der Waals surface area contributed by atoms with Crippen LogP contribution in [-0.2, 0) is 11.3 Å². The van der Waals surface area contributed by atoms with Crippen molar-refractivity contribution in [3.8, 4) is 11.5 Å². The van der Waals surface area contributed by atoms with Gasteiger partial charge in [-0.3, -0.25) is 4.48 Å². The maximum atomic E-state index is 12.6. The van der Waals surface area contributed by atoms with Crippen LogP contribution >= 0.6 is 0 Å². The Bertz CT molecular complexity index is 1220. The third-order valence-electron chi connectivity index (χ3n) is 5.16. The van der Waals surface area contributed by atoms with E-state index in [4.69, 9.17) is 9.47 Å². The fraction of sp³-hybridized carbons (Fsp3) is 0.192. The minimum atomic E-state index is -0.335. The molecule has 0 atom stereocenters. The van der Waals surface area contributed by atoms with Crippen LogP contribution in [0.5, 0.6) is 11.5 Å². The summed E-state index contributed by atoms with van der Waals surface area (Å²) in [5.41, 5.74) is 4.44. The normalized spacial score (nSPS) is 11.5. The highest BCUT2D eigenvalue weighted by Crippen LogP contribution is 2.30. The lowest BCUT2D eigenvalue weighted by Crippen LogP contribution is -2.34. The number of aromatic nitrogens is 1. The van der Waals surface area contributed by atoms with Gasteiger partial charge in [-0.25, -0.2) is 4.79 Å². The topological polar surface area (TPSA) is 51.3 Å². The molecule has 0 aliphatic rings. The summed E-state index contributed by atoms with van der Waals surface area (Å²) in [6.07, 6.45) is 0. The quantitative estimate of drug-likeness (QED) is 0.319. The van der Waals surface area contributed by atoms with E-state index in [0.717, 1.165) is 39.3 Å². The zero-order valence-electron chi connectivity index (χ0n) is 18.3. The lowest BCUT2D eigenvalue weighted by atomic mass is 10.1. The largest absolute Gasteiger partial charge is 0.457 e. The van der Waals surface area contributed by atoms with Gasteiger partial charge in [-0.1, -0.05) is 24.3 Å². The van der Waals surface area contributed by atoms with Crippen LogP contribution in [0.3, 0.4) is 0 Å². The smallest absolute Gasteiger partial charge is 0.338 e. The molecular weight excluding hydrogens is 388 g/mol. The van der Waals surface area contributed by atoms with Crippen molar-refractivity contribution in [3.63, 3.8) is 0 Å². The number of esters is 1. The average molecular weight is 416 g/mol. The highest BCUT2D eigenvalue weighted by molar-refractivity contribution is 5.90. The number of nitrogens with zero attached hydrogens (tertiary/aromatic N) is 1. The molecule has 0 bridgehead atoms. The summed E-state index contributed by atoms with van der Waals surface area (Å²) in [4.78, 5) is 15.9. The fourth-order valence-electron chi connectivity index (χ4n) is 3.41. The van der Waals surface area contributed by atoms with Gasteiger partial charge in [0.2, 0.25) is 0 Å². The molecule has 5 heteroatoms. The molecule has 4 aromatic rings. The summed E-state index contributed by atoms with van der Waals surface area (Å²) in [7, 11) is 6.19. The first-order valence-corrected chi connectivity index (χ1v) is 10.2. The Balaban J connectivity index is 1.48. The van der Waals surface area contributed by atoms with E-state index < -0.39 is 0 Å². The van der Waals surface area contributed by atoms with Crippen molar-refractivity contribution in [2.45, 2.75) is 13.5 Å². The molecule has 4 rings (SSSR count). The molecule has 1 N–H and O–H groups in total. The maximum Gasteiger partial charge on any atom is 0.338 e. The van der Waals surface area contributed by atoms with E-state index in [2.05, 4.69) is 26.1 Å². The second-order valence-electron chi connectivity index (χ2n) is 8.55. The number of carbonyl (C=O) groups is 1. The number of para-hydroxylation sites is 1. The van der Waals surface area contributed by atoms with Crippen molar-refractivity contribution in [1.82, 2.24) is 9.47 Å². The number of carbonyl (C=O) groups excluding carboxylic acids is 1. The number of nitrogens with one attached hydrogen (secondary N) is 1. The van der Waals surface area contributed by atoms with E-state index in [1.54, 1.807) is 6.07 Å². The van der Waals surface area contributed by atoms with Gasteiger partial charge in [0.1, 0.15) is 23.8 Å². The fourth-order valence-corrected chi connectivity index (χ4v) is 3.41. The first-order valence-electron chi connectivity index (χ1n) is 10.2. The van der Waals surface area contributed by atoms with Crippen LogP contribution in [0.2, 0.25) is 0 Å². The third-order valence-corrected chi connectivity index (χ3v) is 5.16. The van der Waals surface area contributed by atoms with Gasteiger partial charge < -0.3 is 14.5 Å². The Morgan fingerprint density at radius 3 is 2.45 bits per heavy atom. The Hall–Kier alpha value is -3.57. The standard InChI is InChI=1S/C26H27N2O3/c1-18-13-24-20(16-25(18)31-23-11-6-5-7-12-23)14-21(27-24)17-30-26(29)19-9-8-10-22(15-19)28(2,3)4/h5-16,27H,17H2,1-4H3/q+1. The zero-order valence-corrected chi connectivity index (χ0v) is 18.3. The number of ether oxygens (including phenoxy) is 2. The number of fused-ring (bicyclic) bond motifs is 1. The van der Waals surface area contributed by atoms with Crippen molar-refractivity contribution in [2.75, 3.05) is 21.1 Å². The van der Waals surface area contributed by atoms with Gasteiger partial charge in [0.05, 0.1) is 32.4 Å². The van der Waals surface area contributed by atoms with Crippen LogP contribution in [0.1, 0.15) is 21.6 Å². The monoisotopic (exact) mass is 415 g/mol. The first kappa shape index (κ1) is 20.7. The number of hydrogen-bond acceptors (Lipinski definition) is 3. The number of benzene rings is 3. The van der Waals surface area contributed by atoms with E-state index in [9.17, 15) is 4.79 Å². The predicted octanol–water partition coefficient (Wildman–Crippen LogP) is 5.82. The molecule has 3 aromatic carbocycles.